The standard InChI is InChI=1S/C22H26N2O2/c1-15(2)19-11-7-8-12-20(19)24-14-18(13-21(24)25)22(26)23-16(3)17-9-5-4-6-10-17/h4-12,15-16,18H,13-14H2,1-3H3,(H,23,26). The smallest absolute Gasteiger partial charge is 0.227 e. The summed E-state index contributed by atoms with van der Waals surface area (Å²) in [5, 5.41) is 3.05. The first-order valence-corrected chi connectivity index (χ1v) is 9.22. The molecular weight excluding hydrogens is 324 g/mol. The molecule has 136 valence electrons. The largest absolute Gasteiger partial charge is 0.349 e. The van der Waals surface area contributed by atoms with Crippen LogP contribution in [0, 0.1) is 5.92 Å². The third kappa shape index (κ3) is 3.79. The van der Waals surface area contributed by atoms with Gasteiger partial charge in [-0.15, -0.1) is 0 Å². The zero-order chi connectivity index (χ0) is 18.7. The van der Waals surface area contributed by atoms with E-state index in [0.29, 0.717) is 12.5 Å². The summed E-state index contributed by atoms with van der Waals surface area (Å²) in [6.07, 6.45) is 0.264. The molecule has 2 aromatic rings. The number of hydrogen-bond acceptors (Lipinski definition) is 2. The molecule has 0 aromatic heterocycles. The van der Waals surface area contributed by atoms with Crippen molar-refractivity contribution < 1.29 is 9.59 Å². The minimum atomic E-state index is -0.311. The Hall–Kier alpha value is -2.62. The zero-order valence-corrected chi connectivity index (χ0v) is 15.6. The Labute approximate surface area is 155 Å². The molecule has 2 unspecified atom stereocenters. The lowest BCUT2D eigenvalue weighted by Gasteiger charge is -2.22. The first-order valence-electron chi connectivity index (χ1n) is 9.22. The molecule has 4 nitrogen and oxygen atoms in total. The molecule has 1 aliphatic heterocycles. The molecule has 3 rings (SSSR count). The van der Waals surface area contributed by atoms with Crippen LogP contribution in [0.25, 0.3) is 0 Å². The van der Waals surface area contributed by atoms with E-state index in [1.165, 1.54) is 0 Å². The molecule has 0 saturated carbocycles. The van der Waals surface area contributed by atoms with Gasteiger partial charge in [0.25, 0.3) is 0 Å². The summed E-state index contributed by atoms with van der Waals surface area (Å²) in [7, 11) is 0. The number of carbonyl (C=O) groups excluding carboxylic acids is 2. The van der Waals surface area contributed by atoms with Crippen LogP contribution in [0.15, 0.2) is 54.6 Å². The molecule has 0 spiro atoms. The van der Waals surface area contributed by atoms with Crippen LogP contribution in [0.4, 0.5) is 5.69 Å². The van der Waals surface area contributed by atoms with E-state index in [4.69, 9.17) is 0 Å². The quantitative estimate of drug-likeness (QED) is 0.885. The van der Waals surface area contributed by atoms with Crippen LogP contribution in [-0.4, -0.2) is 18.4 Å². The molecule has 0 radical (unpaired) electrons. The maximum Gasteiger partial charge on any atom is 0.227 e. The van der Waals surface area contributed by atoms with E-state index in [9.17, 15) is 9.59 Å². The predicted molar refractivity (Wildman–Crippen MR) is 104 cm³/mol. The van der Waals surface area contributed by atoms with Crippen LogP contribution in [0.3, 0.4) is 0 Å². The molecule has 1 saturated heterocycles. The molecule has 1 aliphatic rings. The maximum atomic E-state index is 12.7. The molecule has 2 atom stereocenters. The number of anilines is 1. The van der Waals surface area contributed by atoms with Gasteiger partial charge >= 0.3 is 0 Å². The Bertz CT molecular complexity index is 786. The monoisotopic (exact) mass is 350 g/mol. The molecule has 0 bridgehead atoms. The SMILES string of the molecule is CC(C)c1ccccc1N1CC(C(=O)NC(C)c2ccccc2)CC1=O. The predicted octanol–water partition coefficient (Wildman–Crippen LogP) is 4.04. The molecule has 1 N–H and O–H groups in total. The maximum absolute atomic E-state index is 12.7. The molecule has 26 heavy (non-hydrogen) atoms. The third-order valence-corrected chi connectivity index (χ3v) is 5.00. The number of benzene rings is 2. The molecule has 1 heterocycles. The second-order valence-corrected chi connectivity index (χ2v) is 7.26. The Morgan fingerprint density at radius 2 is 1.69 bits per heavy atom. The summed E-state index contributed by atoms with van der Waals surface area (Å²) in [5.74, 6) is -0.0243. The first-order chi connectivity index (χ1) is 12.5. The van der Waals surface area contributed by atoms with Gasteiger partial charge in [-0.3, -0.25) is 9.59 Å². The van der Waals surface area contributed by atoms with Gasteiger partial charge in [0.2, 0.25) is 11.8 Å². The zero-order valence-electron chi connectivity index (χ0n) is 15.6. The number of carbonyl (C=O) groups is 2. The van der Waals surface area contributed by atoms with Crippen molar-refractivity contribution in [2.45, 2.75) is 39.2 Å². The number of nitrogens with zero attached hydrogens (tertiary/aromatic N) is 1. The fraction of sp³-hybridized carbons (Fsp3) is 0.364. The fourth-order valence-electron chi connectivity index (χ4n) is 3.49. The van der Waals surface area contributed by atoms with Crippen LogP contribution in [0.2, 0.25) is 0 Å². The number of rotatable bonds is 5. The van der Waals surface area contributed by atoms with E-state index in [2.05, 4.69) is 25.2 Å². The Balaban J connectivity index is 1.71. The number of nitrogens with one attached hydrogen (secondary N) is 1. The summed E-state index contributed by atoms with van der Waals surface area (Å²) in [6, 6.07) is 17.8. The molecular formula is C22H26N2O2. The van der Waals surface area contributed by atoms with E-state index in [-0.39, 0.29) is 30.2 Å². The van der Waals surface area contributed by atoms with Crippen LogP contribution in [0.5, 0.6) is 0 Å². The Morgan fingerprint density at radius 3 is 2.38 bits per heavy atom. The van der Waals surface area contributed by atoms with Crippen molar-refractivity contribution in [2.24, 2.45) is 5.92 Å². The van der Waals surface area contributed by atoms with E-state index in [0.717, 1.165) is 16.8 Å². The molecule has 2 aromatic carbocycles. The van der Waals surface area contributed by atoms with Crippen molar-refractivity contribution in [3.63, 3.8) is 0 Å². The average Bonchev–Trinajstić information content (AvgIpc) is 3.04. The lowest BCUT2D eigenvalue weighted by atomic mass is 10.0. The highest BCUT2D eigenvalue weighted by atomic mass is 16.2. The Kier molecular flexibility index (Phi) is 5.40. The minimum Gasteiger partial charge on any atom is -0.349 e. The van der Waals surface area contributed by atoms with Crippen molar-refractivity contribution >= 4 is 17.5 Å². The molecule has 4 heteroatoms. The summed E-state index contributed by atoms with van der Waals surface area (Å²) in [5.41, 5.74) is 3.13. The van der Waals surface area contributed by atoms with Crippen LogP contribution in [-0.2, 0) is 9.59 Å². The van der Waals surface area contributed by atoms with Crippen LogP contribution < -0.4 is 10.2 Å². The molecule has 1 fully saturated rings. The van der Waals surface area contributed by atoms with E-state index in [1.54, 1.807) is 4.90 Å². The minimum absolute atomic E-state index is 0.0191. The highest BCUT2D eigenvalue weighted by Gasteiger charge is 2.36. The van der Waals surface area contributed by atoms with Gasteiger partial charge in [-0.25, -0.2) is 0 Å². The van der Waals surface area contributed by atoms with Gasteiger partial charge < -0.3 is 10.2 Å². The summed E-state index contributed by atoms with van der Waals surface area (Å²) < 4.78 is 0. The highest BCUT2D eigenvalue weighted by molar-refractivity contribution is 6.01. The topological polar surface area (TPSA) is 49.4 Å². The first kappa shape index (κ1) is 18.2. The molecule has 0 aliphatic carbocycles. The summed E-state index contributed by atoms with van der Waals surface area (Å²) in [4.78, 5) is 27.0. The summed E-state index contributed by atoms with van der Waals surface area (Å²) in [6.45, 7) is 6.64. The second-order valence-electron chi connectivity index (χ2n) is 7.26. The lowest BCUT2D eigenvalue weighted by molar-refractivity contribution is -0.126. The number of amides is 2. The average molecular weight is 350 g/mol. The number of para-hydroxylation sites is 1. The van der Waals surface area contributed by atoms with Gasteiger partial charge in [0.15, 0.2) is 0 Å². The van der Waals surface area contributed by atoms with E-state index >= 15 is 0 Å². The van der Waals surface area contributed by atoms with Crippen molar-refractivity contribution in [3.05, 3.63) is 65.7 Å². The fourth-order valence-corrected chi connectivity index (χ4v) is 3.49. The summed E-state index contributed by atoms with van der Waals surface area (Å²) >= 11 is 0. The van der Waals surface area contributed by atoms with E-state index in [1.807, 2.05) is 55.5 Å². The van der Waals surface area contributed by atoms with Gasteiger partial charge in [0.05, 0.1) is 12.0 Å². The third-order valence-electron chi connectivity index (χ3n) is 5.00. The lowest BCUT2D eigenvalue weighted by Crippen LogP contribution is -2.34. The van der Waals surface area contributed by atoms with Crippen molar-refractivity contribution in [2.75, 3.05) is 11.4 Å². The Morgan fingerprint density at radius 1 is 1.04 bits per heavy atom. The van der Waals surface area contributed by atoms with Gasteiger partial charge in [0.1, 0.15) is 0 Å². The van der Waals surface area contributed by atoms with Crippen LogP contribution >= 0.6 is 0 Å². The van der Waals surface area contributed by atoms with Gasteiger partial charge in [-0.05, 0) is 30.0 Å². The second kappa shape index (κ2) is 7.73. The van der Waals surface area contributed by atoms with Crippen molar-refractivity contribution in [3.8, 4) is 0 Å². The molecule has 2 amide bonds. The van der Waals surface area contributed by atoms with E-state index < -0.39 is 0 Å². The van der Waals surface area contributed by atoms with Crippen molar-refractivity contribution in [1.82, 2.24) is 5.32 Å². The normalized spacial score (nSPS) is 18.2. The van der Waals surface area contributed by atoms with Crippen LogP contribution in [0.1, 0.15) is 50.3 Å². The van der Waals surface area contributed by atoms with Gasteiger partial charge in [0, 0.05) is 18.7 Å². The highest BCUT2D eigenvalue weighted by Crippen LogP contribution is 2.32. The number of hydrogen-bond donors (Lipinski definition) is 1. The van der Waals surface area contributed by atoms with Gasteiger partial charge in [-0.2, -0.15) is 0 Å². The van der Waals surface area contributed by atoms with Crippen molar-refractivity contribution in [1.29, 1.82) is 0 Å². The van der Waals surface area contributed by atoms with Gasteiger partial charge in [-0.1, -0.05) is 62.4 Å².